The third-order valence-corrected chi connectivity index (χ3v) is 5.46. The minimum Gasteiger partial charge on any atom is -0.344 e. The Morgan fingerprint density at radius 2 is 2.00 bits per heavy atom. The van der Waals surface area contributed by atoms with Gasteiger partial charge in [-0.05, 0) is 55.8 Å². The molecule has 2 heterocycles. The molecule has 25 heavy (non-hydrogen) atoms. The molecule has 1 aromatic heterocycles. The van der Waals surface area contributed by atoms with Crippen LogP contribution in [0.1, 0.15) is 22.4 Å². The highest BCUT2D eigenvalue weighted by Gasteiger charge is 2.22. The average molecular weight is 357 g/mol. The molecule has 0 amide bonds. The third-order valence-electron chi connectivity index (χ3n) is 5.22. The highest BCUT2D eigenvalue weighted by Crippen LogP contribution is 2.31. The predicted octanol–water partition coefficient (Wildman–Crippen LogP) is 4.97. The van der Waals surface area contributed by atoms with Crippen LogP contribution in [0.2, 0.25) is 5.02 Å². The number of hydrogen-bond acceptors (Lipinski definition) is 1. The summed E-state index contributed by atoms with van der Waals surface area (Å²) in [7, 11) is 2.17. The highest BCUT2D eigenvalue weighted by molar-refractivity contribution is 6.30. The fourth-order valence-corrected chi connectivity index (χ4v) is 4.07. The zero-order chi connectivity index (χ0) is 17.6. The summed E-state index contributed by atoms with van der Waals surface area (Å²) in [5, 5.41) is 1.79. The van der Waals surface area contributed by atoms with E-state index in [2.05, 4.69) is 41.6 Å². The van der Waals surface area contributed by atoms with Crippen molar-refractivity contribution in [1.29, 1.82) is 0 Å². The molecule has 4 rings (SSSR count). The SMILES string of the molecule is Cc1ccc2c(c1)c1c(n2CCc2ccc(Cl)cc2F)CCN(C)C1. The summed E-state index contributed by atoms with van der Waals surface area (Å²) < 4.78 is 16.5. The number of aryl methyl sites for hydroxylation is 3. The second-order valence-electron chi connectivity index (χ2n) is 7.07. The van der Waals surface area contributed by atoms with E-state index in [1.165, 1.54) is 33.8 Å². The quantitative estimate of drug-likeness (QED) is 0.643. The minimum atomic E-state index is -0.214. The number of aromatic nitrogens is 1. The van der Waals surface area contributed by atoms with Crippen molar-refractivity contribution in [2.45, 2.75) is 32.9 Å². The molecule has 130 valence electrons. The Morgan fingerprint density at radius 1 is 1.16 bits per heavy atom. The summed E-state index contributed by atoms with van der Waals surface area (Å²) in [5.41, 5.74) is 6.11. The van der Waals surface area contributed by atoms with Gasteiger partial charge in [0, 0.05) is 47.7 Å². The van der Waals surface area contributed by atoms with E-state index in [0.29, 0.717) is 11.4 Å². The molecule has 0 spiro atoms. The van der Waals surface area contributed by atoms with Crippen molar-refractivity contribution >= 4 is 22.5 Å². The molecule has 3 aromatic rings. The van der Waals surface area contributed by atoms with Gasteiger partial charge in [-0.3, -0.25) is 0 Å². The zero-order valence-corrected chi connectivity index (χ0v) is 15.4. The molecule has 2 nitrogen and oxygen atoms in total. The standard InChI is InChI=1S/C21H22ClFN2/c1-14-3-6-20-17(11-14)18-13-24(2)9-8-21(18)25(20)10-7-15-4-5-16(22)12-19(15)23/h3-6,11-12H,7-10,13H2,1-2H3. The second-order valence-corrected chi connectivity index (χ2v) is 7.51. The van der Waals surface area contributed by atoms with Gasteiger partial charge in [0.25, 0.3) is 0 Å². The molecule has 0 radical (unpaired) electrons. The molecule has 2 aromatic carbocycles. The zero-order valence-electron chi connectivity index (χ0n) is 14.6. The summed E-state index contributed by atoms with van der Waals surface area (Å²) in [6.07, 6.45) is 1.71. The van der Waals surface area contributed by atoms with E-state index in [-0.39, 0.29) is 5.82 Å². The molecular formula is C21H22ClFN2. The maximum atomic E-state index is 14.1. The van der Waals surface area contributed by atoms with Crippen molar-refractivity contribution in [2.24, 2.45) is 0 Å². The van der Waals surface area contributed by atoms with Gasteiger partial charge in [-0.2, -0.15) is 0 Å². The molecule has 0 saturated heterocycles. The number of rotatable bonds is 3. The lowest BCUT2D eigenvalue weighted by Crippen LogP contribution is -2.27. The van der Waals surface area contributed by atoms with Gasteiger partial charge in [0.05, 0.1) is 0 Å². The fraction of sp³-hybridized carbons (Fsp3) is 0.333. The van der Waals surface area contributed by atoms with Gasteiger partial charge in [0.15, 0.2) is 0 Å². The van der Waals surface area contributed by atoms with Crippen molar-refractivity contribution in [3.63, 3.8) is 0 Å². The first-order valence-electron chi connectivity index (χ1n) is 8.76. The first-order valence-corrected chi connectivity index (χ1v) is 9.14. The molecule has 0 saturated carbocycles. The van der Waals surface area contributed by atoms with Crippen LogP contribution < -0.4 is 0 Å². The monoisotopic (exact) mass is 356 g/mol. The molecule has 0 atom stereocenters. The van der Waals surface area contributed by atoms with Crippen molar-refractivity contribution in [2.75, 3.05) is 13.6 Å². The Morgan fingerprint density at radius 3 is 2.80 bits per heavy atom. The first kappa shape index (κ1) is 16.6. The van der Waals surface area contributed by atoms with Crippen molar-refractivity contribution in [3.8, 4) is 0 Å². The van der Waals surface area contributed by atoms with Crippen LogP contribution in [0.25, 0.3) is 10.9 Å². The molecule has 0 unspecified atom stereocenters. The minimum absolute atomic E-state index is 0.214. The molecule has 4 heteroatoms. The van der Waals surface area contributed by atoms with E-state index in [0.717, 1.165) is 31.6 Å². The third kappa shape index (κ3) is 3.07. The highest BCUT2D eigenvalue weighted by atomic mass is 35.5. The summed E-state index contributed by atoms with van der Waals surface area (Å²) in [6, 6.07) is 11.6. The predicted molar refractivity (Wildman–Crippen MR) is 102 cm³/mol. The van der Waals surface area contributed by atoms with Crippen LogP contribution in [0.5, 0.6) is 0 Å². The summed E-state index contributed by atoms with van der Waals surface area (Å²) in [5.74, 6) is -0.214. The Hall–Kier alpha value is -1.84. The maximum absolute atomic E-state index is 14.1. The Bertz CT molecular complexity index is 945. The van der Waals surface area contributed by atoms with E-state index in [9.17, 15) is 4.39 Å². The summed E-state index contributed by atoms with van der Waals surface area (Å²) >= 11 is 5.87. The van der Waals surface area contributed by atoms with E-state index in [1.54, 1.807) is 12.1 Å². The van der Waals surface area contributed by atoms with Gasteiger partial charge in [-0.15, -0.1) is 0 Å². The number of nitrogens with zero attached hydrogens (tertiary/aromatic N) is 2. The lowest BCUT2D eigenvalue weighted by atomic mass is 10.0. The Kier molecular flexibility index (Phi) is 4.30. The molecule has 0 fully saturated rings. The molecule has 0 bridgehead atoms. The van der Waals surface area contributed by atoms with Gasteiger partial charge in [-0.1, -0.05) is 29.3 Å². The lowest BCUT2D eigenvalue weighted by Gasteiger charge is -2.24. The number of benzene rings is 2. The summed E-state index contributed by atoms with van der Waals surface area (Å²) in [4.78, 5) is 2.37. The van der Waals surface area contributed by atoms with Crippen molar-refractivity contribution < 1.29 is 4.39 Å². The van der Waals surface area contributed by atoms with Crippen LogP contribution in [-0.4, -0.2) is 23.1 Å². The Balaban J connectivity index is 1.74. The van der Waals surface area contributed by atoms with E-state index in [4.69, 9.17) is 11.6 Å². The average Bonchev–Trinajstić information content (AvgIpc) is 2.87. The van der Waals surface area contributed by atoms with Crippen LogP contribution in [0.3, 0.4) is 0 Å². The molecule has 0 N–H and O–H groups in total. The fourth-order valence-electron chi connectivity index (χ4n) is 3.91. The number of likely N-dealkylation sites (N-methyl/N-ethyl adjacent to an activating group) is 1. The van der Waals surface area contributed by atoms with Gasteiger partial charge >= 0.3 is 0 Å². The topological polar surface area (TPSA) is 8.17 Å². The largest absolute Gasteiger partial charge is 0.344 e. The van der Waals surface area contributed by atoms with E-state index in [1.807, 2.05) is 0 Å². The van der Waals surface area contributed by atoms with Gasteiger partial charge in [0.2, 0.25) is 0 Å². The van der Waals surface area contributed by atoms with Crippen molar-refractivity contribution in [3.05, 3.63) is 69.6 Å². The smallest absolute Gasteiger partial charge is 0.127 e. The van der Waals surface area contributed by atoms with Crippen LogP contribution >= 0.6 is 11.6 Å². The van der Waals surface area contributed by atoms with Crippen LogP contribution in [0, 0.1) is 12.7 Å². The summed E-state index contributed by atoms with van der Waals surface area (Å²) in [6.45, 7) is 4.98. The number of hydrogen-bond donors (Lipinski definition) is 0. The molecule has 0 aliphatic carbocycles. The molecular weight excluding hydrogens is 335 g/mol. The van der Waals surface area contributed by atoms with Gasteiger partial charge < -0.3 is 9.47 Å². The second kappa shape index (κ2) is 6.47. The van der Waals surface area contributed by atoms with E-state index >= 15 is 0 Å². The van der Waals surface area contributed by atoms with Crippen LogP contribution in [-0.2, 0) is 25.9 Å². The lowest BCUT2D eigenvalue weighted by molar-refractivity contribution is 0.309. The van der Waals surface area contributed by atoms with Gasteiger partial charge in [0.1, 0.15) is 5.82 Å². The molecule has 1 aliphatic rings. The molecule has 1 aliphatic heterocycles. The van der Waals surface area contributed by atoms with Crippen LogP contribution in [0.4, 0.5) is 4.39 Å². The van der Waals surface area contributed by atoms with E-state index < -0.39 is 0 Å². The number of fused-ring (bicyclic) bond motifs is 3. The Labute approximate surface area is 152 Å². The van der Waals surface area contributed by atoms with Gasteiger partial charge in [-0.25, -0.2) is 4.39 Å². The normalized spacial score (nSPS) is 14.9. The maximum Gasteiger partial charge on any atom is 0.127 e. The first-order chi connectivity index (χ1) is 12.0. The van der Waals surface area contributed by atoms with Crippen LogP contribution in [0.15, 0.2) is 36.4 Å². The number of halogens is 2. The van der Waals surface area contributed by atoms with Crippen molar-refractivity contribution in [1.82, 2.24) is 9.47 Å².